The molecule has 2 N–H and O–H groups in total. The number of aliphatic hydroxyl groups excluding tert-OH is 1. The highest BCUT2D eigenvalue weighted by atomic mass is 16.6. The van der Waals surface area contributed by atoms with Gasteiger partial charge in [-0.25, -0.2) is 4.79 Å². The summed E-state index contributed by atoms with van der Waals surface area (Å²) in [6.07, 6.45) is 0.658. The summed E-state index contributed by atoms with van der Waals surface area (Å²) in [6, 6.07) is 0. The van der Waals surface area contributed by atoms with Gasteiger partial charge in [-0.15, -0.1) is 0 Å². The van der Waals surface area contributed by atoms with Crippen molar-refractivity contribution >= 4 is 6.09 Å². The lowest BCUT2D eigenvalue weighted by Crippen LogP contribution is -2.31. The van der Waals surface area contributed by atoms with Crippen LogP contribution in [0.4, 0.5) is 4.79 Å². The summed E-state index contributed by atoms with van der Waals surface area (Å²) in [6.45, 7) is 9.12. The molecule has 1 amide bonds. The Morgan fingerprint density at radius 1 is 1.50 bits per heavy atom. The van der Waals surface area contributed by atoms with Crippen LogP contribution >= 0.6 is 0 Å². The number of rotatable bonds is 4. The van der Waals surface area contributed by atoms with Crippen LogP contribution in [0.15, 0.2) is 12.3 Å². The zero-order chi connectivity index (χ0) is 11.2. The molecular weight excluding hydrogens is 182 g/mol. The van der Waals surface area contributed by atoms with E-state index in [2.05, 4.69) is 11.9 Å². The standard InChI is InChI=1S/C10H19NO3/c1-8(6-5-7-12)11-9(13)14-10(2,3)4/h12H,1,5-7H2,2-4H3,(H,11,13). The molecule has 0 aliphatic carbocycles. The van der Waals surface area contributed by atoms with Gasteiger partial charge in [-0.1, -0.05) is 6.58 Å². The first-order valence-corrected chi connectivity index (χ1v) is 4.64. The molecule has 82 valence electrons. The second-order valence-corrected chi connectivity index (χ2v) is 4.06. The van der Waals surface area contributed by atoms with E-state index in [1.165, 1.54) is 0 Å². The highest BCUT2D eigenvalue weighted by molar-refractivity contribution is 5.69. The molecule has 0 atom stereocenters. The van der Waals surface area contributed by atoms with Gasteiger partial charge in [0.2, 0.25) is 0 Å². The largest absolute Gasteiger partial charge is 0.444 e. The van der Waals surface area contributed by atoms with Crippen molar-refractivity contribution in [2.75, 3.05) is 6.61 Å². The second kappa shape index (κ2) is 5.65. The van der Waals surface area contributed by atoms with Crippen LogP contribution in [0.5, 0.6) is 0 Å². The Labute approximate surface area is 85.0 Å². The first-order valence-electron chi connectivity index (χ1n) is 4.64. The zero-order valence-electron chi connectivity index (χ0n) is 9.09. The molecule has 4 nitrogen and oxygen atoms in total. The molecule has 0 unspecified atom stereocenters. The monoisotopic (exact) mass is 201 g/mol. The van der Waals surface area contributed by atoms with Gasteiger partial charge >= 0.3 is 6.09 Å². The SMILES string of the molecule is C=C(CCCO)NC(=O)OC(C)(C)C. The Kier molecular flexibility index (Phi) is 5.23. The van der Waals surface area contributed by atoms with E-state index in [4.69, 9.17) is 9.84 Å². The topological polar surface area (TPSA) is 58.6 Å². The summed E-state index contributed by atoms with van der Waals surface area (Å²) in [5.74, 6) is 0. The number of hydrogen-bond donors (Lipinski definition) is 2. The Morgan fingerprint density at radius 2 is 2.07 bits per heavy atom. The number of carbonyl (C=O) groups is 1. The molecule has 0 aromatic carbocycles. The second-order valence-electron chi connectivity index (χ2n) is 4.06. The number of hydrogen-bond acceptors (Lipinski definition) is 3. The van der Waals surface area contributed by atoms with Crippen LogP contribution in [0.25, 0.3) is 0 Å². The van der Waals surface area contributed by atoms with Gasteiger partial charge in [0.25, 0.3) is 0 Å². The van der Waals surface area contributed by atoms with Crippen molar-refractivity contribution in [3.63, 3.8) is 0 Å². The van der Waals surface area contributed by atoms with E-state index in [1.807, 2.05) is 0 Å². The average molecular weight is 201 g/mol. The summed E-state index contributed by atoms with van der Waals surface area (Å²) in [4.78, 5) is 11.2. The van der Waals surface area contributed by atoms with E-state index in [-0.39, 0.29) is 6.61 Å². The Bertz CT molecular complexity index is 206. The van der Waals surface area contributed by atoms with Gasteiger partial charge in [0.05, 0.1) is 0 Å². The minimum atomic E-state index is -0.500. The molecule has 14 heavy (non-hydrogen) atoms. The van der Waals surface area contributed by atoms with Crippen molar-refractivity contribution in [1.82, 2.24) is 5.32 Å². The van der Waals surface area contributed by atoms with Gasteiger partial charge in [0.1, 0.15) is 5.60 Å². The van der Waals surface area contributed by atoms with Crippen LogP contribution in [-0.4, -0.2) is 23.4 Å². The molecule has 0 aromatic rings. The maximum Gasteiger partial charge on any atom is 0.411 e. The molecule has 0 spiro atoms. The third-order valence-electron chi connectivity index (χ3n) is 1.31. The molecule has 0 rings (SSSR count). The molecule has 0 heterocycles. The van der Waals surface area contributed by atoms with Gasteiger partial charge in [-0.05, 0) is 33.6 Å². The fraction of sp³-hybridized carbons (Fsp3) is 0.700. The van der Waals surface area contributed by atoms with Crippen molar-refractivity contribution in [1.29, 1.82) is 0 Å². The number of allylic oxidation sites excluding steroid dienone is 1. The number of nitrogens with one attached hydrogen (secondary N) is 1. The molecule has 0 fully saturated rings. The van der Waals surface area contributed by atoms with Crippen molar-refractivity contribution in [2.24, 2.45) is 0 Å². The number of ether oxygens (including phenoxy) is 1. The quantitative estimate of drug-likeness (QED) is 0.729. The third-order valence-corrected chi connectivity index (χ3v) is 1.31. The van der Waals surface area contributed by atoms with Crippen LogP contribution in [-0.2, 0) is 4.74 Å². The molecule has 0 saturated carbocycles. The fourth-order valence-corrected chi connectivity index (χ4v) is 0.803. The number of alkyl carbamates (subject to hydrolysis) is 1. The third kappa shape index (κ3) is 7.61. The molecule has 0 aliphatic heterocycles. The van der Waals surface area contributed by atoms with E-state index < -0.39 is 11.7 Å². The first kappa shape index (κ1) is 13.0. The summed E-state index contributed by atoms with van der Waals surface area (Å²) >= 11 is 0. The van der Waals surface area contributed by atoms with Crippen LogP contribution in [0.2, 0.25) is 0 Å². The molecule has 0 bridgehead atoms. The number of carbonyl (C=O) groups excluding carboxylic acids is 1. The Morgan fingerprint density at radius 3 is 2.50 bits per heavy atom. The summed E-state index contributed by atoms with van der Waals surface area (Å²) in [7, 11) is 0. The van der Waals surface area contributed by atoms with Crippen molar-refractivity contribution < 1.29 is 14.6 Å². The van der Waals surface area contributed by atoms with Gasteiger partial charge < -0.3 is 9.84 Å². The smallest absolute Gasteiger partial charge is 0.411 e. The maximum absolute atomic E-state index is 11.2. The first-order chi connectivity index (χ1) is 6.35. The molecule has 0 saturated heterocycles. The van der Waals surface area contributed by atoms with Crippen LogP contribution in [0.1, 0.15) is 33.6 Å². The van der Waals surface area contributed by atoms with E-state index in [9.17, 15) is 4.79 Å². The van der Waals surface area contributed by atoms with Gasteiger partial charge in [-0.3, -0.25) is 5.32 Å². The van der Waals surface area contributed by atoms with Crippen molar-refractivity contribution in [2.45, 2.75) is 39.2 Å². The van der Waals surface area contributed by atoms with E-state index >= 15 is 0 Å². The lowest BCUT2D eigenvalue weighted by molar-refractivity contribution is 0.0544. The van der Waals surface area contributed by atoms with Crippen LogP contribution < -0.4 is 5.32 Å². The molecule has 0 aromatic heterocycles. The zero-order valence-corrected chi connectivity index (χ0v) is 9.09. The molecule has 0 aliphatic rings. The van der Waals surface area contributed by atoms with E-state index in [0.717, 1.165) is 0 Å². The highest BCUT2D eigenvalue weighted by Gasteiger charge is 2.16. The fourth-order valence-electron chi connectivity index (χ4n) is 0.803. The number of aliphatic hydroxyl groups is 1. The van der Waals surface area contributed by atoms with Gasteiger partial charge in [0.15, 0.2) is 0 Å². The van der Waals surface area contributed by atoms with Gasteiger partial charge in [0, 0.05) is 12.3 Å². The van der Waals surface area contributed by atoms with Crippen LogP contribution in [0, 0.1) is 0 Å². The minimum absolute atomic E-state index is 0.0923. The predicted octanol–water partition coefficient (Wildman–Crippen LogP) is 1.80. The number of amides is 1. The molecule has 4 heteroatoms. The predicted molar refractivity (Wildman–Crippen MR) is 54.8 cm³/mol. The average Bonchev–Trinajstić information content (AvgIpc) is 1.96. The van der Waals surface area contributed by atoms with Crippen LogP contribution in [0.3, 0.4) is 0 Å². The summed E-state index contributed by atoms with van der Waals surface area (Å²) in [5, 5.41) is 11.1. The lowest BCUT2D eigenvalue weighted by atomic mass is 10.2. The lowest BCUT2D eigenvalue weighted by Gasteiger charge is -2.20. The molecular formula is C10H19NO3. The highest BCUT2D eigenvalue weighted by Crippen LogP contribution is 2.07. The maximum atomic E-state index is 11.2. The van der Waals surface area contributed by atoms with Gasteiger partial charge in [-0.2, -0.15) is 0 Å². The van der Waals surface area contributed by atoms with E-state index in [1.54, 1.807) is 20.8 Å². The Hall–Kier alpha value is -1.03. The van der Waals surface area contributed by atoms with E-state index in [0.29, 0.717) is 18.5 Å². The van der Waals surface area contributed by atoms with Crippen molar-refractivity contribution in [3.8, 4) is 0 Å². The molecule has 0 radical (unpaired) electrons. The minimum Gasteiger partial charge on any atom is -0.444 e. The summed E-state index contributed by atoms with van der Waals surface area (Å²) < 4.78 is 5.01. The Balaban J connectivity index is 3.78. The normalized spacial score (nSPS) is 10.9. The van der Waals surface area contributed by atoms with Crippen molar-refractivity contribution in [3.05, 3.63) is 12.3 Å². The summed E-state index contributed by atoms with van der Waals surface area (Å²) in [5.41, 5.74) is 0.0646.